The lowest BCUT2D eigenvalue weighted by molar-refractivity contribution is -0.147. The number of anilines is 1. The van der Waals surface area contributed by atoms with Crippen LogP contribution in [-0.4, -0.2) is 60.4 Å². The Morgan fingerprint density at radius 1 is 1.31 bits per heavy atom. The monoisotopic (exact) mass is 381 g/mol. The molecular formula is C17H20ClN3O5. The quantitative estimate of drug-likeness (QED) is 0.574. The van der Waals surface area contributed by atoms with Gasteiger partial charge in [0.15, 0.2) is 6.61 Å². The summed E-state index contributed by atoms with van der Waals surface area (Å²) in [6.45, 7) is 1.61. The number of ether oxygens (including phenoxy) is 1. The molecule has 9 heteroatoms. The van der Waals surface area contributed by atoms with Crippen molar-refractivity contribution >= 4 is 41.1 Å². The summed E-state index contributed by atoms with van der Waals surface area (Å²) < 4.78 is 4.89. The predicted octanol–water partition coefficient (Wildman–Crippen LogP) is 1.80. The van der Waals surface area contributed by atoms with Crippen LogP contribution in [0.25, 0.3) is 0 Å². The number of benzene rings is 1. The predicted molar refractivity (Wildman–Crippen MR) is 94.8 cm³/mol. The SMILES string of the molecule is Cc1ccc(NC(=O)COC(=O)CCCN2C(=O)CN(C)C2=O)cc1Cl. The number of halogens is 1. The number of nitrogens with one attached hydrogen (secondary N) is 1. The lowest BCUT2D eigenvalue weighted by Crippen LogP contribution is -2.32. The van der Waals surface area contributed by atoms with E-state index in [1.54, 1.807) is 18.2 Å². The van der Waals surface area contributed by atoms with E-state index in [-0.39, 0.29) is 37.9 Å². The van der Waals surface area contributed by atoms with E-state index in [2.05, 4.69) is 5.32 Å². The van der Waals surface area contributed by atoms with Crippen molar-refractivity contribution in [2.45, 2.75) is 19.8 Å². The zero-order valence-corrected chi connectivity index (χ0v) is 15.3. The van der Waals surface area contributed by atoms with Gasteiger partial charge in [0.2, 0.25) is 5.91 Å². The number of likely N-dealkylation sites (N-methyl/N-ethyl adjacent to an activating group) is 1. The molecule has 1 aliphatic heterocycles. The van der Waals surface area contributed by atoms with Crippen LogP contribution in [0.2, 0.25) is 5.02 Å². The van der Waals surface area contributed by atoms with Crippen LogP contribution in [0.15, 0.2) is 18.2 Å². The van der Waals surface area contributed by atoms with Crippen LogP contribution in [0.1, 0.15) is 18.4 Å². The van der Waals surface area contributed by atoms with Crippen molar-refractivity contribution in [2.24, 2.45) is 0 Å². The minimum absolute atomic E-state index is 0.00438. The average Bonchev–Trinajstić information content (AvgIpc) is 2.82. The van der Waals surface area contributed by atoms with Gasteiger partial charge in [-0.25, -0.2) is 4.79 Å². The summed E-state index contributed by atoms with van der Waals surface area (Å²) in [6, 6.07) is 4.70. The van der Waals surface area contributed by atoms with Crippen LogP contribution in [0.5, 0.6) is 0 Å². The molecule has 1 heterocycles. The third-order valence-electron chi connectivity index (χ3n) is 3.81. The molecule has 0 unspecified atom stereocenters. The minimum Gasteiger partial charge on any atom is -0.456 e. The maximum Gasteiger partial charge on any atom is 0.326 e. The summed E-state index contributed by atoms with van der Waals surface area (Å²) in [6.07, 6.45) is 0.282. The average molecular weight is 382 g/mol. The molecule has 1 aliphatic rings. The van der Waals surface area contributed by atoms with Crippen molar-refractivity contribution in [2.75, 3.05) is 32.1 Å². The molecule has 140 valence electrons. The molecule has 1 aromatic rings. The third-order valence-corrected chi connectivity index (χ3v) is 4.22. The lowest BCUT2D eigenvalue weighted by atomic mass is 10.2. The standard InChI is InChI=1S/C17H20ClN3O5/c1-11-5-6-12(8-13(11)18)19-14(22)10-26-16(24)4-3-7-21-15(23)9-20(2)17(21)25/h5-6,8H,3-4,7,9-10H2,1-2H3,(H,19,22). The highest BCUT2D eigenvalue weighted by Gasteiger charge is 2.32. The number of nitrogens with zero attached hydrogens (tertiary/aromatic N) is 2. The van der Waals surface area contributed by atoms with Crippen LogP contribution >= 0.6 is 11.6 Å². The van der Waals surface area contributed by atoms with Gasteiger partial charge in [0.1, 0.15) is 6.54 Å². The first-order valence-corrected chi connectivity index (χ1v) is 8.43. The van der Waals surface area contributed by atoms with E-state index >= 15 is 0 Å². The first-order valence-electron chi connectivity index (χ1n) is 8.05. The fourth-order valence-corrected chi connectivity index (χ4v) is 2.54. The smallest absolute Gasteiger partial charge is 0.326 e. The van der Waals surface area contributed by atoms with Crippen molar-refractivity contribution in [1.82, 2.24) is 9.80 Å². The minimum atomic E-state index is -0.575. The molecule has 2 rings (SSSR count). The molecule has 1 saturated heterocycles. The molecule has 1 N–H and O–H groups in total. The number of hydrogen-bond donors (Lipinski definition) is 1. The van der Waals surface area contributed by atoms with Gasteiger partial charge in [-0.2, -0.15) is 0 Å². The molecule has 0 radical (unpaired) electrons. The van der Waals surface area contributed by atoms with E-state index < -0.39 is 18.5 Å². The first kappa shape index (κ1) is 19.7. The van der Waals surface area contributed by atoms with E-state index in [4.69, 9.17) is 16.3 Å². The fourth-order valence-electron chi connectivity index (χ4n) is 2.36. The summed E-state index contributed by atoms with van der Waals surface area (Å²) in [7, 11) is 1.54. The van der Waals surface area contributed by atoms with Crippen LogP contribution in [0.4, 0.5) is 10.5 Å². The van der Waals surface area contributed by atoms with Gasteiger partial charge in [0.25, 0.3) is 5.91 Å². The van der Waals surface area contributed by atoms with Crippen LogP contribution < -0.4 is 5.32 Å². The molecule has 0 atom stereocenters. The highest BCUT2D eigenvalue weighted by Crippen LogP contribution is 2.19. The number of carbonyl (C=O) groups is 4. The fraction of sp³-hybridized carbons (Fsp3) is 0.412. The number of imide groups is 1. The van der Waals surface area contributed by atoms with Crippen LogP contribution in [0, 0.1) is 6.92 Å². The molecule has 0 aliphatic carbocycles. The van der Waals surface area contributed by atoms with Crippen LogP contribution in [-0.2, 0) is 19.1 Å². The molecule has 0 aromatic heterocycles. The maximum absolute atomic E-state index is 11.8. The second kappa shape index (κ2) is 8.66. The Morgan fingerprint density at radius 3 is 2.65 bits per heavy atom. The Morgan fingerprint density at radius 2 is 2.04 bits per heavy atom. The zero-order valence-electron chi connectivity index (χ0n) is 14.6. The van der Waals surface area contributed by atoms with Crippen molar-refractivity contribution in [3.63, 3.8) is 0 Å². The summed E-state index contributed by atoms with van der Waals surface area (Å²) in [5.74, 6) is -1.35. The molecular weight excluding hydrogens is 362 g/mol. The van der Waals surface area contributed by atoms with Gasteiger partial charge in [-0.1, -0.05) is 17.7 Å². The second-order valence-electron chi connectivity index (χ2n) is 5.96. The molecule has 0 bridgehead atoms. The highest BCUT2D eigenvalue weighted by atomic mass is 35.5. The van der Waals surface area contributed by atoms with Crippen LogP contribution in [0.3, 0.4) is 0 Å². The Balaban J connectivity index is 1.68. The molecule has 26 heavy (non-hydrogen) atoms. The Bertz CT molecular complexity index is 737. The number of rotatable bonds is 7. The second-order valence-corrected chi connectivity index (χ2v) is 6.37. The Hall–Kier alpha value is -2.61. The molecule has 0 saturated carbocycles. The summed E-state index contributed by atoms with van der Waals surface area (Å²) in [5.41, 5.74) is 1.40. The number of carbonyl (C=O) groups excluding carboxylic acids is 4. The topological polar surface area (TPSA) is 96.0 Å². The first-order chi connectivity index (χ1) is 12.3. The highest BCUT2D eigenvalue weighted by molar-refractivity contribution is 6.31. The van der Waals surface area contributed by atoms with Gasteiger partial charge in [-0.05, 0) is 31.0 Å². The van der Waals surface area contributed by atoms with Gasteiger partial charge in [-0.15, -0.1) is 0 Å². The van der Waals surface area contributed by atoms with E-state index in [0.717, 1.165) is 10.5 Å². The lowest BCUT2D eigenvalue weighted by Gasteiger charge is -2.13. The third kappa shape index (κ3) is 5.19. The summed E-state index contributed by atoms with van der Waals surface area (Å²) in [5, 5.41) is 3.10. The maximum atomic E-state index is 11.8. The summed E-state index contributed by atoms with van der Waals surface area (Å²) >= 11 is 5.97. The number of esters is 1. The van der Waals surface area contributed by atoms with E-state index in [1.165, 1.54) is 11.9 Å². The number of aryl methyl sites for hydroxylation is 1. The molecule has 4 amide bonds. The van der Waals surface area contributed by atoms with Gasteiger partial charge in [0.05, 0.1) is 0 Å². The molecule has 1 aromatic carbocycles. The van der Waals surface area contributed by atoms with E-state index in [9.17, 15) is 19.2 Å². The normalized spacial score (nSPS) is 14.0. The van der Waals surface area contributed by atoms with Gasteiger partial charge in [0, 0.05) is 30.7 Å². The van der Waals surface area contributed by atoms with Crippen molar-refractivity contribution < 1.29 is 23.9 Å². The largest absolute Gasteiger partial charge is 0.456 e. The van der Waals surface area contributed by atoms with Gasteiger partial charge >= 0.3 is 12.0 Å². The van der Waals surface area contributed by atoms with Crippen molar-refractivity contribution in [1.29, 1.82) is 0 Å². The molecule has 0 spiro atoms. The zero-order chi connectivity index (χ0) is 19.3. The van der Waals surface area contributed by atoms with Gasteiger partial charge in [-0.3, -0.25) is 19.3 Å². The van der Waals surface area contributed by atoms with Crippen molar-refractivity contribution in [3.05, 3.63) is 28.8 Å². The van der Waals surface area contributed by atoms with E-state index in [0.29, 0.717) is 10.7 Å². The Kier molecular flexibility index (Phi) is 6.57. The van der Waals surface area contributed by atoms with Gasteiger partial charge < -0.3 is 15.0 Å². The number of amides is 4. The molecule has 8 nitrogen and oxygen atoms in total. The molecule has 1 fully saturated rings. The van der Waals surface area contributed by atoms with Crippen molar-refractivity contribution in [3.8, 4) is 0 Å². The number of urea groups is 1. The number of hydrogen-bond acceptors (Lipinski definition) is 5. The van der Waals surface area contributed by atoms with E-state index in [1.807, 2.05) is 6.92 Å². The summed E-state index contributed by atoms with van der Waals surface area (Å²) in [4.78, 5) is 49.1. The Labute approximate surface area is 156 Å².